The molecule has 0 heterocycles. The van der Waals surface area contributed by atoms with Gasteiger partial charge in [-0.2, -0.15) is 0 Å². The van der Waals surface area contributed by atoms with E-state index in [2.05, 4.69) is 0 Å². The molecule has 0 saturated heterocycles. The van der Waals surface area contributed by atoms with Crippen molar-refractivity contribution in [1.29, 1.82) is 0 Å². The van der Waals surface area contributed by atoms with Crippen LogP contribution in [0.15, 0.2) is 12.1 Å². The van der Waals surface area contributed by atoms with Crippen molar-refractivity contribution < 1.29 is 23.0 Å². The van der Waals surface area contributed by atoms with Gasteiger partial charge in [0.2, 0.25) is 0 Å². The van der Waals surface area contributed by atoms with Crippen molar-refractivity contribution in [3.05, 3.63) is 23.3 Å². The average molecular weight is 258 g/mol. The summed E-state index contributed by atoms with van der Waals surface area (Å²) in [5, 5.41) is 0. The van der Waals surface area contributed by atoms with Gasteiger partial charge in [-0.15, -0.1) is 0 Å². The van der Waals surface area contributed by atoms with E-state index in [9.17, 15) is 13.6 Å². The zero-order valence-electron chi connectivity index (χ0n) is 10.8. The first-order valence-corrected chi connectivity index (χ1v) is 5.42. The SMILES string of the molecule is COc1cc(CC(C)=O)cc(C(C)(F)F)c1OC. The summed E-state index contributed by atoms with van der Waals surface area (Å²) in [6.45, 7) is 2.18. The van der Waals surface area contributed by atoms with E-state index in [1.54, 1.807) is 0 Å². The molecule has 0 aliphatic rings. The molecule has 0 bridgehead atoms. The predicted octanol–water partition coefficient (Wildman–Crippen LogP) is 2.95. The van der Waals surface area contributed by atoms with Gasteiger partial charge in [0.15, 0.2) is 11.5 Å². The Balaban J connectivity index is 3.40. The first-order valence-electron chi connectivity index (χ1n) is 5.42. The largest absolute Gasteiger partial charge is 0.493 e. The zero-order chi connectivity index (χ0) is 13.9. The summed E-state index contributed by atoms with van der Waals surface area (Å²) < 4.78 is 37.0. The number of halogens is 2. The third kappa shape index (κ3) is 3.18. The number of carbonyl (C=O) groups is 1. The van der Waals surface area contributed by atoms with Crippen LogP contribution < -0.4 is 9.47 Å². The number of carbonyl (C=O) groups excluding carboxylic acids is 1. The van der Waals surface area contributed by atoms with Crippen LogP contribution in [0.25, 0.3) is 0 Å². The Morgan fingerprint density at radius 3 is 2.28 bits per heavy atom. The number of ether oxygens (including phenoxy) is 2. The molecule has 0 amide bonds. The summed E-state index contributed by atoms with van der Waals surface area (Å²) in [5.74, 6) is -2.97. The van der Waals surface area contributed by atoms with Crippen LogP contribution in [0.4, 0.5) is 8.78 Å². The third-order valence-electron chi connectivity index (χ3n) is 2.46. The highest BCUT2D eigenvalue weighted by atomic mass is 19.3. The van der Waals surface area contributed by atoms with Crippen molar-refractivity contribution in [2.75, 3.05) is 14.2 Å². The molecule has 0 unspecified atom stereocenters. The molecule has 0 aliphatic carbocycles. The molecule has 0 spiro atoms. The van der Waals surface area contributed by atoms with Crippen molar-refractivity contribution in [3.8, 4) is 11.5 Å². The fourth-order valence-electron chi connectivity index (χ4n) is 1.74. The van der Waals surface area contributed by atoms with Gasteiger partial charge in [-0.3, -0.25) is 4.79 Å². The molecule has 0 saturated carbocycles. The van der Waals surface area contributed by atoms with Crippen LogP contribution in [0.3, 0.4) is 0 Å². The molecule has 0 aliphatic heterocycles. The Kier molecular flexibility index (Phi) is 4.27. The normalized spacial score (nSPS) is 11.2. The molecule has 0 fully saturated rings. The van der Waals surface area contributed by atoms with Gasteiger partial charge in [-0.05, 0) is 24.6 Å². The van der Waals surface area contributed by atoms with Crippen LogP contribution in [0, 0.1) is 0 Å². The number of alkyl halides is 2. The maximum Gasteiger partial charge on any atom is 0.274 e. The van der Waals surface area contributed by atoms with Gasteiger partial charge < -0.3 is 9.47 Å². The lowest BCUT2D eigenvalue weighted by atomic mass is 10.0. The number of hydrogen-bond donors (Lipinski definition) is 0. The van der Waals surface area contributed by atoms with E-state index in [4.69, 9.17) is 9.47 Å². The number of benzene rings is 1. The fourth-order valence-corrected chi connectivity index (χ4v) is 1.74. The predicted molar refractivity (Wildman–Crippen MR) is 63.5 cm³/mol. The molecule has 3 nitrogen and oxygen atoms in total. The van der Waals surface area contributed by atoms with Crippen LogP contribution >= 0.6 is 0 Å². The molecular formula is C13H16F2O3. The topological polar surface area (TPSA) is 35.5 Å². The van der Waals surface area contributed by atoms with E-state index >= 15 is 0 Å². The number of hydrogen-bond acceptors (Lipinski definition) is 3. The lowest BCUT2D eigenvalue weighted by Gasteiger charge is -2.18. The van der Waals surface area contributed by atoms with Gasteiger partial charge >= 0.3 is 0 Å². The van der Waals surface area contributed by atoms with E-state index in [1.165, 1.54) is 33.3 Å². The van der Waals surface area contributed by atoms with Gasteiger partial charge in [0.1, 0.15) is 5.78 Å². The Morgan fingerprint density at radius 2 is 1.89 bits per heavy atom. The second kappa shape index (κ2) is 5.33. The van der Waals surface area contributed by atoms with Crippen LogP contribution in [-0.4, -0.2) is 20.0 Å². The maximum absolute atomic E-state index is 13.5. The highest BCUT2D eigenvalue weighted by Crippen LogP contribution is 2.41. The van der Waals surface area contributed by atoms with Gasteiger partial charge in [0.05, 0.1) is 19.8 Å². The summed E-state index contributed by atoms with van der Waals surface area (Å²) >= 11 is 0. The second-order valence-electron chi connectivity index (χ2n) is 4.15. The second-order valence-corrected chi connectivity index (χ2v) is 4.15. The highest BCUT2D eigenvalue weighted by Gasteiger charge is 2.31. The molecule has 0 atom stereocenters. The Labute approximate surface area is 105 Å². The molecule has 5 heteroatoms. The zero-order valence-corrected chi connectivity index (χ0v) is 10.8. The van der Waals surface area contributed by atoms with Gasteiger partial charge in [-0.1, -0.05) is 0 Å². The van der Waals surface area contributed by atoms with Crippen LogP contribution in [0.1, 0.15) is 25.0 Å². The van der Waals surface area contributed by atoms with Crippen LogP contribution in [-0.2, 0) is 17.1 Å². The van der Waals surface area contributed by atoms with E-state index in [-0.39, 0.29) is 29.3 Å². The summed E-state index contributed by atoms with van der Waals surface area (Å²) in [5.41, 5.74) is 0.206. The monoisotopic (exact) mass is 258 g/mol. The van der Waals surface area contributed by atoms with E-state index in [1.807, 2.05) is 0 Å². The quantitative estimate of drug-likeness (QED) is 0.814. The molecule has 1 aromatic rings. The molecule has 0 N–H and O–H groups in total. The first kappa shape index (κ1) is 14.4. The summed E-state index contributed by atoms with van der Waals surface area (Å²) in [6, 6.07) is 2.82. The minimum atomic E-state index is -3.06. The van der Waals surface area contributed by atoms with E-state index in [0.29, 0.717) is 5.56 Å². The minimum Gasteiger partial charge on any atom is -0.493 e. The van der Waals surface area contributed by atoms with Crippen LogP contribution in [0.5, 0.6) is 11.5 Å². The molecule has 100 valence electrons. The smallest absolute Gasteiger partial charge is 0.274 e. The molecular weight excluding hydrogens is 242 g/mol. The lowest BCUT2D eigenvalue weighted by Crippen LogP contribution is -2.11. The summed E-state index contributed by atoms with van der Waals surface area (Å²) in [7, 11) is 2.67. The first-order chi connectivity index (χ1) is 8.29. The number of ketones is 1. The average Bonchev–Trinajstić information content (AvgIpc) is 2.25. The van der Waals surface area contributed by atoms with Crippen molar-refractivity contribution in [3.63, 3.8) is 0 Å². The van der Waals surface area contributed by atoms with Crippen molar-refractivity contribution in [2.24, 2.45) is 0 Å². The Hall–Kier alpha value is -1.65. The number of methoxy groups -OCH3 is 2. The van der Waals surface area contributed by atoms with Gasteiger partial charge in [0.25, 0.3) is 5.92 Å². The lowest BCUT2D eigenvalue weighted by molar-refractivity contribution is -0.116. The maximum atomic E-state index is 13.5. The van der Waals surface area contributed by atoms with Crippen molar-refractivity contribution in [2.45, 2.75) is 26.2 Å². The van der Waals surface area contributed by atoms with Crippen LogP contribution in [0.2, 0.25) is 0 Å². The number of Topliss-reactive ketones (excluding diaryl/α,β-unsaturated/α-hetero) is 1. The molecule has 1 aromatic carbocycles. The standard InChI is InChI=1S/C13H16F2O3/c1-8(16)5-9-6-10(13(2,14)15)12(18-4)11(7-9)17-3/h6-7H,5H2,1-4H3. The fraction of sp³-hybridized carbons (Fsp3) is 0.462. The molecule has 0 radical (unpaired) electrons. The third-order valence-corrected chi connectivity index (χ3v) is 2.46. The van der Waals surface area contributed by atoms with E-state index in [0.717, 1.165) is 6.92 Å². The summed E-state index contributed by atoms with van der Waals surface area (Å²) in [6.07, 6.45) is 0.0867. The molecule has 18 heavy (non-hydrogen) atoms. The number of rotatable bonds is 5. The van der Waals surface area contributed by atoms with E-state index < -0.39 is 5.92 Å². The van der Waals surface area contributed by atoms with Gasteiger partial charge in [0, 0.05) is 13.3 Å². The molecule has 0 aromatic heterocycles. The molecule has 1 rings (SSSR count). The minimum absolute atomic E-state index is 0.00250. The van der Waals surface area contributed by atoms with Crippen molar-refractivity contribution in [1.82, 2.24) is 0 Å². The van der Waals surface area contributed by atoms with Crippen molar-refractivity contribution >= 4 is 5.78 Å². The highest BCUT2D eigenvalue weighted by molar-refractivity contribution is 5.78. The Bertz CT molecular complexity index is 450. The summed E-state index contributed by atoms with van der Waals surface area (Å²) in [4.78, 5) is 11.1. The Morgan fingerprint density at radius 1 is 1.28 bits per heavy atom. The van der Waals surface area contributed by atoms with Gasteiger partial charge in [-0.25, -0.2) is 8.78 Å².